The molecule has 0 fully saturated rings. The largest absolute Gasteiger partial charge is 0.351 e. The third-order valence-electron chi connectivity index (χ3n) is 4.69. The smallest absolute Gasteiger partial charge is 0.209 e. The van der Waals surface area contributed by atoms with Crippen LogP contribution in [0.4, 0.5) is 0 Å². The number of aryl methyl sites for hydroxylation is 1. The number of aromatic nitrogens is 1. The predicted molar refractivity (Wildman–Crippen MR) is 116 cm³/mol. The lowest BCUT2D eigenvalue weighted by Gasteiger charge is -2.07. The fourth-order valence-corrected chi connectivity index (χ4v) is 3.85. The molecule has 4 aromatic rings. The molecule has 4 rings (SSSR count). The number of carbonyl (C=O) groups is 1. The highest BCUT2D eigenvalue weighted by Gasteiger charge is 2.20. The molecule has 2 nitrogen and oxygen atoms in total. The Hall–Kier alpha value is -2.81. The number of rotatable bonds is 4. The topological polar surface area (TPSA) is 32.9 Å². The first-order valence-electron chi connectivity index (χ1n) is 8.88. The normalized spacial score (nSPS) is 10.8. The quantitative estimate of drug-likeness (QED) is 0.357. The molecule has 0 radical (unpaired) electrons. The zero-order valence-electron chi connectivity index (χ0n) is 15.2. The number of benzene rings is 3. The Morgan fingerprint density at radius 1 is 0.786 bits per heavy atom. The van der Waals surface area contributed by atoms with Crippen LogP contribution >= 0.6 is 23.2 Å². The summed E-state index contributed by atoms with van der Waals surface area (Å²) in [6.45, 7) is 2.04. The van der Waals surface area contributed by atoms with E-state index in [1.807, 2.05) is 67.6 Å². The molecule has 4 heteroatoms. The number of halogens is 2. The molecule has 0 amide bonds. The van der Waals surface area contributed by atoms with Crippen molar-refractivity contribution in [3.05, 3.63) is 106 Å². The molecule has 28 heavy (non-hydrogen) atoms. The highest BCUT2D eigenvalue weighted by Crippen LogP contribution is 2.33. The van der Waals surface area contributed by atoms with Gasteiger partial charge < -0.3 is 4.98 Å². The van der Waals surface area contributed by atoms with Gasteiger partial charge in [-0.1, -0.05) is 77.8 Å². The van der Waals surface area contributed by atoms with Crippen molar-refractivity contribution in [1.29, 1.82) is 0 Å². The van der Waals surface area contributed by atoms with E-state index in [-0.39, 0.29) is 5.78 Å². The van der Waals surface area contributed by atoms with Gasteiger partial charge in [-0.15, -0.1) is 0 Å². The first-order chi connectivity index (χ1) is 13.5. The number of hydrogen-bond acceptors (Lipinski definition) is 1. The van der Waals surface area contributed by atoms with E-state index in [1.54, 1.807) is 18.2 Å². The maximum Gasteiger partial charge on any atom is 0.209 e. The molecule has 0 saturated carbocycles. The van der Waals surface area contributed by atoms with E-state index in [2.05, 4.69) is 4.98 Å². The Kier molecular flexibility index (Phi) is 5.08. The van der Waals surface area contributed by atoms with Gasteiger partial charge in [-0.2, -0.15) is 0 Å². The standard InChI is InChI=1S/C24H17Cl2NO/c1-15-7-5-6-10-20(15)21-14-22(16-8-3-2-4-9-16)27-23(21)24(28)17-11-18(25)13-19(26)12-17/h2-14,27H,1H3. The maximum absolute atomic E-state index is 13.4. The highest BCUT2D eigenvalue weighted by molar-refractivity contribution is 6.35. The molecule has 1 heterocycles. The minimum absolute atomic E-state index is 0.148. The monoisotopic (exact) mass is 405 g/mol. The van der Waals surface area contributed by atoms with E-state index in [0.717, 1.165) is 27.9 Å². The number of carbonyl (C=O) groups excluding carboxylic acids is 1. The Morgan fingerprint density at radius 3 is 2.11 bits per heavy atom. The summed E-state index contributed by atoms with van der Waals surface area (Å²) in [7, 11) is 0. The van der Waals surface area contributed by atoms with E-state index in [0.29, 0.717) is 21.3 Å². The second kappa shape index (κ2) is 7.67. The van der Waals surface area contributed by atoms with Gasteiger partial charge in [0.15, 0.2) is 0 Å². The second-order valence-corrected chi connectivity index (χ2v) is 7.51. The molecule has 1 N–H and O–H groups in total. The first kappa shape index (κ1) is 18.5. The molecule has 0 unspecified atom stereocenters. The molecular formula is C24H17Cl2NO. The van der Waals surface area contributed by atoms with Crippen LogP contribution in [0.5, 0.6) is 0 Å². The second-order valence-electron chi connectivity index (χ2n) is 6.64. The summed E-state index contributed by atoms with van der Waals surface area (Å²) in [5.41, 5.74) is 5.84. The van der Waals surface area contributed by atoms with E-state index < -0.39 is 0 Å². The third-order valence-corrected chi connectivity index (χ3v) is 5.13. The molecule has 0 atom stereocenters. The number of aromatic amines is 1. The maximum atomic E-state index is 13.4. The Balaban J connectivity index is 1.91. The summed E-state index contributed by atoms with van der Waals surface area (Å²) in [6, 6.07) is 24.9. The summed E-state index contributed by atoms with van der Waals surface area (Å²) >= 11 is 12.2. The lowest BCUT2D eigenvalue weighted by Crippen LogP contribution is -2.04. The van der Waals surface area contributed by atoms with Gasteiger partial charge in [-0.05, 0) is 47.9 Å². The van der Waals surface area contributed by atoms with E-state index >= 15 is 0 Å². The minimum Gasteiger partial charge on any atom is -0.351 e. The van der Waals surface area contributed by atoms with E-state index in [9.17, 15) is 4.79 Å². The van der Waals surface area contributed by atoms with E-state index in [1.165, 1.54) is 0 Å². The average molecular weight is 406 g/mol. The summed E-state index contributed by atoms with van der Waals surface area (Å²) in [5.74, 6) is -0.148. The summed E-state index contributed by atoms with van der Waals surface area (Å²) < 4.78 is 0. The van der Waals surface area contributed by atoms with Crippen LogP contribution in [0.3, 0.4) is 0 Å². The third kappa shape index (κ3) is 3.62. The lowest BCUT2D eigenvalue weighted by atomic mass is 9.97. The number of nitrogens with one attached hydrogen (secondary N) is 1. The molecule has 0 aliphatic heterocycles. The fraction of sp³-hybridized carbons (Fsp3) is 0.0417. The van der Waals surface area contributed by atoms with Crippen molar-refractivity contribution in [2.75, 3.05) is 0 Å². The minimum atomic E-state index is -0.148. The van der Waals surface area contributed by atoms with Crippen LogP contribution in [0.15, 0.2) is 78.9 Å². The van der Waals surface area contributed by atoms with Gasteiger partial charge in [-0.25, -0.2) is 0 Å². The number of H-pyrrole nitrogens is 1. The Labute approximate surface area is 173 Å². The Bertz CT molecular complexity index is 1140. The molecule has 0 aliphatic carbocycles. The van der Waals surface area contributed by atoms with Gasteiger partial charge in [0, 0.05) is 26.9 Å². The van der Waals surface area contributed by atoms with Gasteiger partial charge in [0.1, 0.15) is 0 Å². The number of hydrogen-bond donors (Lipinski definition) is 1. The fourth-order valence-electron chi connectivity index (χ4n) is 3.32. The van der Waals surface area contributed by atoms with Crippen molar-refractivity contribution in [3.8, 4) is 22.4 Å². The summed E-state index contributed by atoms with van der Waals surface area (Å²) in [5, 5.41) is 0.867. The number of ketones is 1. The molecule has 0 spiro atoms. The SMILES string of the molecule is Cc1ccccc1-c1cc(-c2ccccc2)[nH]c1C(=O)c1cc(Cl)cc(Cl)c1. The van der Waals surface area contributed by atoms with Crippen molar-refractivity contribution in [1.82, 2.24) is 4.98 Å². The summed E-state index contributed by atoms with van der Waals surface area (Å²) in [4.78, 5) is 16.7. The van der Waals surface area contributed by atoms with Gasteiger partial charge in [0.2, 0.25) is 5.78 Å². The Morgan fingerprint density at radius 2 is 1.43 bits per heavy atom. The highest BCUT2D eigenvalue weighted by atomic mass is 35.5. The van der Waals surface area contributed by atoms with Crippen LogP contribution in [0, 0.1) is 6.92 Å². The van der Waals surface area contributed by atoms with Gasteiger partial charge in [0.25, 0.3) is 0 Å². The predicted octanol–water partition coefficient (Wildman–Crippen LogP) is 7.19. The van der Waals surface area contributed by atoms with Crippen molar-refractivity contribution in [3.63, 3.8) is 0 Å². The molecule has 0 aliphatic rings. The molecular weight excluding hydrogens is 389 g/mol. The van der Waals surface area contributed by atoms with Crippen LogP contribution in [0.1, 0.15) is 21.6 Å². The van der Waals surface area contributed by atoms with Crippen molar-refractivity contribution in [2.24, 2.45) is 0 Å². The molecule has 0 bridgehead atoms. The summed E-state index contributed by atoms with van der Waals surface area (Å²) in [6.07, 6.45) is 0. The molecule has 1 aromatic heterocycles. The van der Waals surface area contributed by atoms with Crippen LogP contribution < -0.4 is 0 Å². The van der Waals surface area contributed by atoms with Gasteiger partial charge in [0.05, 0.1) is 5.69 Å². The van der Waals surface area contributed by atoms with Crippen LogP contribution in [0.2, 0.25) is 10.0 Å². The first-order valence-corrected chi connectivity index (χ1v) is 9.64. The van der Waals surface area contributed by atoms with Crippen molar-refractivity contribution < 1.29 is 4.79 Å². The average Bonchev–Trinajstić information content (AvgIpc) is 3.13. The molecule has 138 valence electrons. The molecule has 0 saturated heterocycles. The van der Waals surface area contributed by atoms with Gasteiger partial charge in [-0.3, -0.25) is 4.79 Å². The van der Waals surface area contributed by atoms with Crippen molar-refractivity contribution in [2.45, 2.75) is 6.92 Å². The van der Waals surface area contributed by atoms with Gasteiger partial charge >= 0.3 is 0 Å². The van der Waals surface area contributed by atoms with Crippen LogP contribution in [0.25, 0.3) is 22.4 Å². The van der Waals surface area contributed by atoms with E-state index in [4.69, 9.17) is 23.2 Å². The zero-order valence-corrected chi connectivity index (χ0v) is 16.7. The lowest BCUT2D eigenvalue weighted by molar-refractivity contribution is 0.103. The molecule has 3 aromatic carbocycles. The van der Waals surface area contributed by atoms with Crippen molar-refractivity contribution >= 4 is 29.0 Å². The van der Waals surface area contributed by atoms with Crippen LogP contribution in [-0.4, -0.2) is 10.8 Å². The van der Waals surface area contributed by atoms with Crippen LogP contribution in [-0.2, 0) is 0 Å². The zero-order chi connectivity index (χ0) is 19.7.